The minimum Gasteiger partial charge on any atom is -0.360 e. The molecule has 0 aromatic heterocycles. The van der Waals surface area contributed by atoms with Gasteiger partial charge in [-0.25, -0.2) is 0 Å². The highest BCUT2D eigenvalue weighted by Crippen LogP contribution is 2.19. The van der Waals surface area contributed by atoms with Gasteiger partial charge in [-0.2, -0.15) is 0 Å². The molecule has 6 heteroatoms. The van der Waals surface area contributed by atoms with Crippen LogP contribution in [0.3, 0.4) is 0 Å². The van der Waals surface area contributed by atoms with E-state index < -0.39 is 8.97 Å². The number of hydrogen-bond acceptors (Lipinski definition) is 4. The van der Waals surface area contributed by atoms with Gasteiger partial charge in [-0.15, -0.1) is 0 Å². The fourth-order valence-electron chi connectivity index (χ4n) is 3.64. The quantitative estimate of drug-likeness (QED) is 0.195. The average Bonchev–Trinajstić information content (AvgIpc) is 2.72. The lowest BCUT2D eigenvalue weighted by atomic mass is 9.95. The van der Waals surface area contributed by atoms with Crippen molar-refractivity contribution in [2.45, 2.75) is 110 Å². The molecule has 28 heavy (non-hydrogen) atoms. The SMILES string of the molecule is CCCCCCCCCCCCCCC(CCC)C(=O)N[Si](OC)(OC)OC. The maximum Gasteiger partial charge on any atom is 0.632 e. The van der Waals surface area contributed by atoms with Crippen LogP contribution < -0.4 is 4.98 Å². The number of nitrogens with one attached hydrogen (secondary N) is 1. The predicted octanol–water partition coefficient (Wildman–Crippen LogP) is 5.98. The van der Waals surface area contributed by atoms with E-state index in [1.807, 2.05) is 0 Å². The van der Waals surface area contributed by atoms with Crippen LogP contribution in [0.2, 0.25) is 0 Å². The highest BCUT2D eigenvalue weighted by Gasteiger charge is 2.42. The van der Waals surface area contributed by atoms with Gasteiger partial charge in [0, 0.05) is 27.2 Å². The van der Waals surface area contributed by atoms with Crippen LogP contribution in [0.15, 0.2) is 0 Å². The van der Waals surface area contributed by atoms with Gasteiger partial charge in [0.1, 0.15) is 0 Å². The molecular formula is C22H47NO4Si. The third-order valence-electron chi connectivity index (χ3n) is 5.50. The molecule has 0 radical (unpaired) electrons. The van der Waals surface area contributed by atoms with E-state index in [4.69, 9.17) is 13.3 Å². The fraction of sp³-hybridized carbons (Fsp3) is 0.955. The summed E-state index contributed by atoms with van der Waals surface area (Å²) in [6.07, 6.45) is 18.8. The Morgan fingerprint density at radius 2 is 1.11 bits per heavy atom. The second kappa shape index (κ2) is 18.6. The number of unbranched alkanes of at least 4 members (excludes halogenated alkanes) is 11. The van der Waals surface area contributed by atoms with Crippen molar-refractivity contribution in [1.82, 2.24) is 4.98 Å². The molecule has 0 rings (SSSR count). The molecule has 0 fully saturated rings. The first kappa shape index (κ1) is 27.6. The van der Waals surface area contributed by atoms with Crippen LogP contribution in [0.4, 0.5) is 0 Å². The molecule has 0 saturated carbocycles. The third-order valence-corrected chi connectivity index (χ3v) is 7.66. The minimum atomic E-state index is -3.06. The average molecular weight is 418 g/mol. The molecule has 0 bridgehead atoms. The summed E-state index contributed by atoms with van der Waals surface area (Å²) >= 11 is 0. The molecular weight excluding hydrogens is 370 g/mol. The Balaban J connectivity index is 3.91. The Bertz CT molecular complexity index is 356. The van der Waals surface area contributed by atoms with E-state index in [9.17, 15) is 4.79 Å². The maximum atomic E-state index is 12.6. The Morgan fingerprint density at radius 3 is 1.50 bits per heavy atom. The summed E-state index contributed by atoms with van der Waals surface area (Å²) in [6.45, 7) is 4.39. The number of carbonyl (C=O) groups is 1. The van der Waals surface area contributed by atoms with Crippen molar-refractivity contribution in [3.63, 3.8) is 0 Å². The van der Waals surface area contributed by atoms with Crippen molar-refractivity contribution in [2.24, 2.45) is 5.92 Å². The van der Waals surface area contributed by atoms with Crippen molar-refractivity contribution in [1.29, 1.82) is 0 Å². The topological polar surface area (TPSA) is 56.8 Å². The van der Waals surface area contributed by atoms with Crippen molar-refractivity contribution in [2.75, 3.05) is 21.3 Å². The van der Waals surface area contributed by atoms with Gasteiger partial charge in [-0.1, -0.05) is 97.3 Å². The molecule has 1 amide bonds. The van der Waals surface area contributed by atoms with E-state index in [2.05, 4.69) is 18.8 Å². The first-order valence-corrected chi connectivity index (χ1v) is 13.3. The van der Waals surface area contributed by atoms with E-state index in [-0.39, 0.29) is 11.8 Å². The first-order valence-electron chi connectivity index (χ1n) is 11.6. The monoisotopic (exact) mass is 417 g/mol. The summed E-state index contributed by atoms with van der Waals surface area (Å²) in [5, 5.41) is 0. The smallest absolute Gasteiger partial charge is 0.360 e. The van der Waals surface area contributed by atoms with Gasteiger partial charge < -0.3 is 18.3 Å². The van der Waals surface area contributed by atoms with Crippen molar-refractivity contribution in [3.8, 4) is 0 Å². The number of amides is 1. The van der Waals surface area contributed by atoms with Gasteiger partial charge in [-0.3, -0.25) is 4.79 Å². The largest absolute Gasteiger partial charge is 0.632 e. The Morgan fingerprint density at radius 1 is 0.679 bits per heavy atom. The van der Waals surface area contributed by atoms with Crippen molar-refractivity contribution in [3.05, 3.63) is 0 Å². The van der Waals surface area contributed by atoms with E-state index in [1.165, 1.54) is 92.0 Å². The molecule has 0 aliphatic rings. The van der Waals surface area contributed by atoms with Gasteiger partial charge in [0.15, 0.2) is 0 Å². The van der Waals surface area contributed by atoms with E-state index in [0.717, 1.165) is 25.7 Å². The van der Waals surface area contributed by atoms with Crippen molar-refractivity contribution < 1.29 is 18.1 Å². The van der Waals surface area contributed by atoms with E-state index >= 15 is 0 Å². The van der Waals surface area contributed by atoms with Gasteiger partial charge in [0.2, 0.25) is 5.91 Å². The lowest BCUT2D eigenvalue weighted by Crippen LogP contribution is -2.60. The fourth-order valence-corrected chi connectivity index (χ4v) is 4.95. The lowest BCUT2D eigenvalue weighted by Gasteiger charge is -2.26. The number of hydrogen-bond donors (Lipinski definition) is 1. The van der Waals surface area contributed by atoms with Crippen LogP contribution in [0.5, 0.6) is 0 Å². The summed E-state index contributed by atoms with van der Waals surface area (Å²) in [7, 11) is 1.48. The minimum absolute atomic E-state index is 0.00198. The Kier molecular flexibility index (Phi) is 18.3. The highest BCUT2D eigenvalue weighted by molar-refractivity contribution is 6.60. The van der Waals surface area contributed by atoms with E-state index in [1.54, 1.807) is 0 Å². The zero-order valence-corrected chi connectivity index (χ0v) is 20.3. The van der Waals surface area contributed by atoms with Gasteiger partial charge in [0.05, 0.1) is 0 Å². The normalized spacial score (nSPS) is 12.9. The van der Waals surface area contributed by atoms with Crippen LogP contribution in [-0.4, -0.2) is 36.2 Å². The summed E-state index contributed by atoms with van der Waals surface area (Å²) in [6, 6.07) is 0. The molecule has 1 atom stereocenters. The van der Waals surface area contributed by atoms with Gasteiger partial charge >= 0.3 is 8.97 Å². The number of carbonyl (C=O) groups excluding carboxylic acids is 1. The standard InChI is InChI=1S/C22H47NO4Si/c1-6-8-9-10-11-12-13-14-15-16-17-18-20-21(19-7-2)22(24)23-28(25-3,26-4)27-5/h21H,6-20H2,1-5H3,(H,23,24). The first-order chi connectivity index (χ1) is 13.6. The summed E-state index contributed by atoms with van der Waals surface area (Å²) in [5.41, 5.74) is 0. The molecule has 168 valence electrons. The zero-order valence-electron chi connectivity index (χ0n) is 19.3. The Hall–Kier alpha value is -0.433. The van der Waals surface area contributed by atoms with Gasteiger partial charge in [-0.05, 0) is 12.8 Å². The second-order valence-corrected chi connectivity index (χ2v) is 10.4. The van der Waals surface area contributed by atoms with Crippen LogP contribution in [0, 0.1) is 5.92 Å². The molecule has 0 spiro atoms. The molecule has 5 nitrogen and oxygen atoms in total. The number of rotatable bonds is 20. The zero-order chi connectivity index (χ0) is 21.1. The summed E-state index contributed by atoms with van der Waals surface area (Å²) in [5.74, 6) is 0.0163. The molecule has 0 aromatic carbocycles. The third kappa shape index (κ3) is 12.9. The van der Waals surface area contributed by atoms with Crippen LogP contribution in [0.25, 0.3) is 0 Å². The molecule has 1 unspecified atom stereocenters. The van der Waals surface area contributed by atoms with Crippen molar-refractivity contribution >= 4 is 14.9 Å². The molecule has 1 N–H and O–H groups in total. The molecule has 0 heterocycles. The van der Waals surface area contributed by atoms with Crippen LogP contribution in [0.1, 0.15) is 110 Å². The predicted molar refractivity (Wildman–Crippen MR) is 119 cm³/mol. The van der Waals surface area contributed by atoms with Crippen LogP contribution >= 0.6 is 0 Å². The van der Waals surface area contributed by atoms with E-state index in [0.29, 0.717) is 0 Å². The summed E-state index contributed by atoms with van der Waals surface area (Å²) in [4.78, 5) is 15.5. The molecule has 0 aromatic rings. The second-order valence-electron chi connectivity index (χ2n) is 7.82. The molecule has 0 aliphatic heterocycles. The van der Waals surface area contributed by atoms with Gasteiger partial charge in [0.25, 0.3) is 0 Å². The maximum absolute atomic E-state index is 12.6. The van der Waals surface area contributed by atoms with Crippen LogP contribution in [-0.2, 0) is 18.1 Å². The highest BCUT2D eigenvalue weighted by atomic mass is 28.4. The molecule has 0 aliphatic carbocycles. The summed E-state index contributed by atoms with van der Waals surface area (Å²) < 4.78 is 15.9. The Labute approximate surface area is 175 Å². The lowest BCUT2D eigenvalue weighted by molar-refractivity contribution is -0.125. The molecule has 0 saturated heterocycles.